The van der Waals surface area contributed by atoms with E-state index < -0.39 is 53.4 Å². The van der Waals surface area contributed by atoms with Crippen molar-refractivity contribution in [2.24, 2.45) is 23.1 Å². The quantitative estimate of drug-likeness (QED) is 0.0864. The highest BCUT2D eigenvalue weighted by Gasteiger charge is 2.45. The van der Waals surface area contributed by atoms with Crippen LogP contribution in [0.4, 0.5) is 0 Å². The first-order valence-electron chi connectivity index (χ1n) is 18.1. The first-order chi connectivity index (χ1) is 24.4. The van der Waals surface area contributed by atoms with Crippen LogP contribution in [0.1, 0.15) is 70.4 Å². The number of nitrogens with one attached hydrogen (secondary N) is 3. The zero-order valence-electron chi connectivity index (χ0n) is 30.3. The highest BCUT2D eigenvalue weighted by molar-refractivity contribution is 5.95. The number of likely N-dealkylation sites (tertiary alicyclic amines) is 1. The number of nitrogens with zero attached hydrogens (tertiary/aromatic N) is 1. The van der Waals surface area contributed by atoms with E-state index in [-0.39, 0.29) is 50.8 Å². The minimum atomic E-state index is -1.33. The summed E-state index contributed by atoms with van der Waals surface area (Å²) in [6.45, 7) is 6.51. The largest absolute Gasteiger partial charge is 0.465 e. The summed E-state index contributed by atoms with van der Waals surface area (Å²) in [5.74, 6) is -2.28. The molecule has 0 aromatic heterocycles. The lowest BCUT2D eigenvalue weighted by Crippen LogP contribution is -2.59. The van der Waals surface area contributed by atoms with E-state index in [9.17, 15) is 24.0 Å². The van der Waals surface area contributed by atoms with Gasteiger partial charge >= 0.3 is 5.97 Å². The van der Waals surface area contributed by atoms with Crippen molar-refractivity contribution in [1.82, 2.24) is 20.9 Å². The average Bonchev–Trinajstić information content (AvgIpc) is 3.53. The van der Waals surface area contributed by atoms with Crippen molar-refractivity contribution < 1.29 is 28.7 Å². The fourth-order valence-corrected chi connectivity index (χ4v) is 6.05. The normalized spacial score (nSPS) is 18.0. The number of benzene rings is 2. The molecule has 0 aliphatic carbocycles. The molecule has 280 valence electrons. The third-order valence-corrected chi connectivity index (χ3v) is 9.07. The third-order valence-electron chi connectivity index (χ3n) is 9.07. The Hall–Kier alpha value is -4.33. The third kappa shape index (κ3) is 13.1. The van der Waals surface area contributed by atoms with Crippen molar-refractivity contribution in [3.8, 4) is 0 Å². The van der Waals surface area contributed by atoms with Gasteiger partial charge in [0.1, 0.15) is 23.7 Å². The fraction of sp³-hybridized carbons (Fsp3) is 0.553. The summed E-state index contributed by atoms with van der Waals surface area (Å²) in [6, 6.07) is 14.8. The second-order valence-corrected chi connectivity index (χ2v) is 13.8. The van der Waals surface area contributed by atoms with Gasteiger partial charge in [-0.15, -0.1) is 0 Å². The Bertz CT molecular complexity index is 1430. The molecule has 1 saturated heterocycles. The van der Waals surface area contributed by atoms with Crippen LogP contribution < -0.4 is 33.2 Å². The van der Waals surface area contributed by atoms with Gasteiger partial charge in [0.25, 0.3) is 0 Å². The molecule has 3 rings (SSSR count). The van der Waals surface area contributed by atoms with Crippen LogP contribution in [-0.4, -0.2) is 90.4 Å². The maximum atomic E-state index is 14.0. The van der Waals surface area contributed by atoms with E-state index in [1.54, 1.807) is 6.92 Å². The lowest BCUT2D eigenvalue weighted by atomic mass is 9.99. The Morgan fingerprint density at radius 3 is 1.94 bits per heavy atom. The SMILES string of the molecule is CCOC(=O)C1(N)CCN(C(=O)[C@@H](CCCCN)NC(=O)[C@@H](CCC(C)C)NC(=O)[C@@H](Cc2ccccc2)NC(=O)[C@H](N)Cc2ccccc2)C1. The number of carbonyl (C=O) groups excluding carboxylic acids is 5. The zero-order valence-corrected chi connectivity index (χ0v) is 30.3. The molecule has 0 saturated carbocycles. The predicted molar refractivity (Wildman–Crippen MR) is 196 cm³/mol. The van der Waals surface area contributed by atoms with Crippen LogP contribution in [0.15, 0.2) is 60.7 Å². The second kappa shape index (κ2) is 20.5. The summed E-state index contributed by atoms with van der Waals surface area (Å²) >= 11 is 0. The summed E-state index contributed by atoms with van der Waals surface area (Å²) < 4.78 is 5.14. The van der Waals surface area contributed by atoms with Crippen LogP contribution in [0, 0.1) is 5.92 Å². The van der Waals surface area contributed by atoms with Crippen LogP contribution in [0.5, 0.6) is 0 Å². The smallest absolute Gasteiger partial charge is 0.328 e. The van der Waals surface area contributed by atoms with Crippen LogP contribution in [0.25, 0.3) is 0 Å². The van der Waals surface area contributed by atoms with Gasteiger partial charge in [-0.2, -0.15) is 0 Å². The number of hydrogen-bond acceptors (Lipinski definition) is 9. The number of hydrogen-bond donors (Lipinski definition) is 6. The molecule has 0 bridgehead atoms. The van der Waals surface area contributed by atoms with Gasteiger partial charge in [-0.05, 0) is 75.5 Å². The molecule has 0 radical (unpaired) electrons. The number of rotatable bonds is 20. The molecule has 13 nitrogen and oxygen atoms in total. The molecule has 51 heavy (non-hydrogen) atoms. The first kappa shape index (κ1) is 41.1. The minimum absolute atomic E-state index is 0.0330. The lowest BCUT2D eigenvalue weighted by molar-refractivity contribution is -0.149. The lowest BCUT2D eigenvalue weighted by Gasteiger charge is -2.29. The molecule has 1 fully saturated rings. The maximum absolute atomic E-state index is 14.0. The van der Waals surface area contributed by atoms with Gasteiger partial charge in [-0.3, -0.25) is 19.2 Å². The van der Waals surface area contributed by atoms with Crippen molar-refractivity contribution >= 4 is 29.6 Å². The van der Waals surface area contributed by atoms with E-state index in [1.165, 1.54) is 4.90 Å². The van der Waals surface area contributed by atoms with Gasteiger partial charge < -0.3 is 42.8 Å². The van der Waals surface area contributed by atoms with Crippen LogP contribution in [0.3, 0.4) is 0 Å². The predicted octanol–water partition coefficient (Wildman–Crippen LogP) is 1.31. The van der Waals surface area contributed by atoms with E-state index in [4.69, 9.17) is 21.9 Å². The van der Waals surface area contributed by atoms with Crippen LogP contribution >= 0.6 is 0 Å². The first-order valence-corrected chi connectivity index (χ1v) is 18.1. The van der Waals surface area contributed by atoms with Crippen molar-refractivity contribution in [2.75, 3.05) is 26.2 Å². The van der Waals surface area contributed by atoms with Gasteiger partial charge in [0, 0.05) is 19.5 Å². The van der Waals surface area contributed by atoms with Gasteiger partial charge in [0.05, 0.1) is 12.6 Å². The topological polar surface area (TPSA) is 212 Å². The molecule has 13 heteroatoms. The van der Waals surface area contributed by atoms with Crippen molar-refractivity contribution in [3.05, 3.63) is 71.8 Å². The number of amides is 4. The Kier molecular flexibility index (Phi) is 16.5. The molecule has 1 heterocycles. The molecule has 9 N–H and O–H groups in total. The molecular weight excluding hydrogens is 650 g/mol. The molecule has 5 atom stereocenters. The van der Waals surface area contributed by atoms with Gasteiger partial charge in [-0.1, -0.05) is 74.5 Å². The number of esters is 1. The van der Waals surface area contributed by atoms with Crippen molar-refractivity contribution in [1.29, 1.82) is 0 Å². The number of nitrogens with two attached hydrogens (primary N) is 3. The number of ether oxygens (including phenoxy) is 1. The number of carbonyl (C=O) groups is 5. The highest BCUT2D eigenvalue weighted by atomic mass is 16.5. The molecule has 1 aliphatic heterocycles. The van der Waals surface area contributed by atoms with Crippen molar-refractivity contribution in [2.45, 2.75) is 102 Å². The zero-order chi connectivity index (χ0) is 37.4. The molecule has 0 spiro atoms. The van der Waals surface area contributed by atoms with E-state index in [0.717, 1.165) is 11.1 Å². The minimum Gasteiger partial charge on any atom is -0.465 e. The average molecular weight is 708 g/mol. The number of unbranched alkanes of at least 4 members (excludes halogenated alkanes) is 1. The van der Waals surface area contributed by atoms with E-state index >= 15 is 0 Å². The Balaban J connectivity index is 1.80. The van der Waals surface area contributed by atoms with Gasteiger partial charge in [0.2, 0.25) is 23.6 Å². The molecule has 2 aromatic rings. The van der Waals surface area contributed by atoms with Crippen LogP contribution in [0.2, 0.25) is 0 Å². The molecule has 4 amide bonds. The maximum Gasteiger partial charge on any atom is 0.328 e. The summed E-state index contributed by atoms with van der Waals surface area (Å²) in [4.78, 5) is 69.0. The Labute approximate surface area is 301 Å². The highest BCUT2D eigenvalue weighted by Crippen LogP contribution is 2.22. The Morgan fingerprint density at radius 1 is 0.784 bits per heavy atom. The summed E-state index contributed by atoms with van der Waals surface area (Å²) in [5, 5.41) is 8.59. The second-order valence-electron chi connectivity index (χ2n) is 13.8. The fourth-order valence-electron chi connectivity index (χ4n) is 6.05. The van der Waals surface area contributed by atoms with E-state index in [1.807, 2.05) is 74.5 Å². The standard InChI is InChI=1S/C38H57N7O6/c1-4-51-37(50)38(41)20-22-45(25-38)36(49)31(17-11-12-21-39)43-34(47)30(19-18-26(2)3)42-35(48)32(24-28-15-9-6-10-16-28)44-33(46)29(40)23-27-13-7-5-8-14-27/h5-10,13-16,26,29-32H,4,11-12,17-25,39-41H2,1-3H3,(H,42,48)(H,43,47)(H,44,46)/t29-,30-,31-,32-,38?/m1/s1. The van der Waals surface area contributed by atoms with Crippen LogP contribution in [-0.2, 0) is 41.6 Å². The van der Waals surface area contributed by atoms with Gasteiger partial charge in [0.15, 0.2) is 0 Å². The Morgan fingerprint density at radius 2 is 1.35 bits per heavy atom. The summed E-state index contributed by atoms with van der Waals surface area (Å²) in [6.07, 6.45) is 3.14. The molecule has 1 aliphatic rings. The van der Waals surface area contributed by atoms with E-state index in [2.05, 4.69) is 16.0 Å². The monoisotopic (exact) mass is 707 g/mol. The van der Waals surface area contributed by atoms with Crippen molar-refractivity contribution in [3.63, 3.8) is 0 Å². The van der Waals surface area contributed by atoms with Gasteiger partial charge in [-0.25, -0.2) is 4.79 Å². The molecular formula is C38H57N7O6. The summed E-state index contributed by atoms with van der Waals surface area (Å²) in [5.41, 5.74) is 18.7. The molecule has 2 aromatic carbocycles. The molecule has 1 unspecified atom stereocenters. The summed E-state index contributed by atoms with van der Waals surface area (Å²) in [7, 11) is 0. The van der Waals surface area contributed by atoms with E-state index in [0.29, 0.717) is 38.6 Å².